The van der Waals surface area contributed by atoms with E-state index >= 15 is 0 Å². The van der Waals surface area contributed by atoms with Gasteiger partial charge in [0.1, 0.15) is 42.3 Å². The van der Waals surface area contributed by atoms with Gasteiger partial charge in [-0.2, -0.15) is 0 Å². The molecule has 0 spiro atoms. The van der Waals surface area contributed by atoms with Gasteiger partial charge in [0.2, 0.25) is 47.3 Å². The molecule has 466 valence electrons. The number of nitrogens with zero attached hydrogens (tertiary/aromatic N) is 3. The molecular formula is C57H90N20O8. The van der Waals surface area contributed by atoms with Crippen LogP contribution >= 0.6 is 0 Å². The lowest BCUT2D eigenvalue weighted by atomic mass is 9.95. The summed E-state index contributed by atoms with van der Waals surface area (Å²) >= 11 is 0. The lowest BCUT2D eigenvalue weighted by Gasteiger charge is -2.31. The Hall–Kier alpha value is -8.95. The van der Waals surface area contributed by atoms with E-state index in [2.05, 4.69) is 62.2 Å². The van der Waals surface area contributed by atoms with Crippen LogP contribution in [0.4, 0.5) is 0 Å². The van der Waals surface area contributed by atoms with Crippen LogP contribution in [0.1, 0.15) is 104 Å². The monoisotopic (exact) mass is 1180 g/mol. The Balaban J connectivity index is 1.66. The maximum absolute atomic E-state index is 14.9. The highest BCUT2D eigenvalue weighted by atomic mass is 16.2. The molecule has 4 rings (SSSR count). The van der Waals surface area contributed by atoms with Gasteiger partial charge in [0.25, 0.3) is 0 Å². The largest absolute Gasteiger partial charge is 0.370 e. The van der Waals surface area contributed by atoms with Gasteiger partial charge in [0, 0.05) is 66.7 Å². The predicted molar refractivity (Wildman–Crippen MR) is 328 cm³/mol. The number of amides is 8. The third-order valence-corrected chi connectivity index (χ3v) is 14.8. The standard InChI is InChI=1S/C57H90N20O8/c1-7-31(5)45(76-48(79)37(58)18-13-23-66-55(60)61)53(84)74-43(27-34-29-70-39-20-12-10-17-36(34)39)51(82)75-44(30(3)4)52(83)77-46(32(6)8-2)54(85)73-42(26-33-28-69-38-19-11-9-16-35(33)38)50(81)72-41(22-15-25-68-57(64)65)49(80)71-40(47(59)78)21-14-24-67-56(62)63/h9-12,16-17,19-20,28-32,37,40-46,69-70H,7-8,13-15,18,21-27,58H2,1-6H3,(H2,59,78)(H,71,80)(H,72,81)(H,73,85)(H,74,84)(H,75,82)(H,76,79)(H,77,83)(H4,60,61,66)(H4,62,63,67)(H4,64,65,68)/t31-,32-,37-,40-,41-,42-,43-,44-,45-,46-/m0/s1. The van der Waals surface area contributed by atoms with Crippen LogP contribution in [0.15, 0.2) is 75.9 Å². The van der Waals surface area contributed by atoms with E-state index in [9.17, 15) is 38.4 Å². The summed E-state index contributed by atoms with van der Waals surface area (Å²) in [5.74, 6) is -7.85. The predicted octanol–water partition coefficient (Wildman–Crippen LogP) is -1.45. The lowest BCUT2D eigenvalue weighted by molar-refractivity contribution is -0.137. The molecule has 10 atom stereocenters. The summed E-state index contributed by atoms with van der Waals surface area (Å²) in [4.78, 5) is 132. The number of carbonyl (C=O) groups is 8. The van der Waals surface area contributed by atoms with Crippen LogP contribution in [0.25, 0.3) is 21.8 Å². The zero-order valence-electron chi connectivity index (χ0n) is 49.5. The van der Waals surface area contributed by atoms with Gasteiger partial charge < -0.3 is 93.1 Å². The molecule has 0 bridgehead atoms. The second-order valence-electron chi connectivity index (χ2n) is 21.7. The summed E-state index contributed by atoms with van der Waals surface area (Å²) < 4.78 is 0. The van der Waals surface area contributed by atoms with Crippen LogP contribution in [0.5, 0.6) is 0 Å². The molecule has 0 aliphatic rings. The van der Waals surface area contributed by atoms with Gasteiger partial charge in [-0.25, -0.2) is 0 Å². The highest BCUT2D eigenvalue weighted by Gasteiger charge is 2.38. The number of nitrogens with two attached hydrogens (primary N) is 8. The molecule has 0 saturated carbocycles. The molecule has 0 unspecified atom stereocenters. The molecule has 28 nitrogen and oxygen atoms in total. The normalized spacial score (nSPS) is 14.8. The molecule has 2 aromatic heterocycles. The van der Waals surface area contributed by atoms with Crippen molar-refractivity contribution in [2.75, 3.05) is 19.6 Å². The summed E-state index contributed by atoms with van der Waals surface area (Å²) in [6.07, 6.45) is 5.28. The average Bonchev–Trinajstić information content (AvgIpc) is 3.07. The van der Waals surface area contributed by atoms with E-state index < -0.39 is 113 Å². The second-order valence-corrected chi connectivity index (χ2v) is 21.7. The van der Waals surface area contributed by atoms with Gasteiger partial charge in [0.05, 0.1) is 6.04 Å². The Morgan fingerprint density at radius 2 is 0.800 bits per heavy atom. The molecular weight excluding hydrogens is 1090 g/mol. The van der Waals surface area contributed by atoms with Crippen molar-refractivity contribution in [1.29, 1.82) is 0 Å². The van der Waals surface area contributed by atoms with Gasteiger partial charge >= 0.3 is 0 Å². The average molecular weight is 1180 g/mol. The smallest absolute Gasteiger partial charge is 0.243 e. The van der Waals surface area contributed by atoms with E-state index in [1.54, 1.807) is 40.1 Å². The number of aromatic nitrogens is 2. The Labute approximate surface area is 495 Å². The maximum atomic E-state index is 14.9. The number of aliphatic imine (C=N–C) groups is 3. The van der Waals surface area contributed by atoms with Crippen LogP contribution in [0.2, 0.25) is 0 Å². The van der Waals surface area contributed by atoms with Gasteiger partial charge in [-0.15, -0.1) is 0 Å². The van der Waals surface area contributed by atoms with Crippen LogP contribution in [0.3, 0.4) is 0 Å². The molecule has 2 heterocycles. The Bertz CT molecular complexity index is 2980. The second kappa shape index (κ2) is 34.0. The van der Waals surface area contributed by atoms with Crippen molar-refractivity contribution in [2.24, 2.45) is 78.6 Å². The van der Waals surface area contributed by atoms with Gasteiger partial charge in [0.15, 0.2) is 17.9 Å². The summed E-state index contributed by atoms with van der Waals surface area (Å²) in [6, 6.07) is 4.91. The van der Waals surface area contributed by atoms with Crippen LogP contribution in [0, 0.1) is 17.8 Å². The first-order chi connectivity index (χ1) is 40.3. The molecule has 25 N–H and O–H groups in total. The summed E-state index contributed by atoms with van der Waals surface area (Å²) in [6.45, 7) is 11.1. The third kappa shape index (κ3) is 21.6. The Morgan fingerprint density at radius 3 is 1.22 bits per heavy atom. The highest BCUT2D eigenvalue weighted by Crippen LogP contribution is 2.22. The van der Waals surface area contributed by atoms with E-state index in [0.717, 1.165) is 21.8 Å². The number of primary amides is 1. The first-order valence-corrected chi connectivity index (χ1v) is 28.8. The van der Waals surface area contributed by atoms with Crippen molar-refractivity contribution in [3.8, 4) is 0 Å². The number of aromatic amines is 2. The topological polar surface area (TPSA) is 498 Å². The minimum atomic E-state index is -1.38. The van der Waals surface area contributed by atoms with Crippen molar-refractivity contribution in [1.82, 2.24) is 47.2 Å². The SMILES string of the molecule is CC[C@H](C)[C@H](NC(=O)[C@@H](NC(=O)[C@H](Cc1c[nH]c2ccccc12)NC(=O)[C@@H](NC(=O)[C@@H](N)CCCN=C(N)N)[C@@H](C)CC)C(C)C)C(=O)N[C@@H](Cc1c[nH]c2ccccc12)C(=O)N[C@@H](CCCN=C(N)N)C(=O)N[C@@H](CCCN=C(N)N)C(N)=O. The number of para-hydroxylation sites is 2. The van der Waals surface area contributed by atoms with Gasteiger partial charge in [-0.3, -0.25) is 53.3 Å². The van der Waals surface area contributed by atoms with Crippen molar-refractivity contribution in [3.63, 3.8) is 0 Å². The first kappa shape index (κ1) is 68.5. The van der Waals surface area contributed by atoms with E-state index in [1.807, 2.05) is 62.4 Å². The molecule has 0 aliphatic carbocycles. The van der Waals surface area contributed by atoms with Crippen LogP contribution in [-0.4, -0.2) is 143 Å². The quantitative estimate of drug-likeness (QED) is 0.0141. The number of hydrogen-bond acceptors (Lipinski definition) is 12. The fraction of sp³-hybridized carbons (Fsp3) is 0.526. The molecule has 0 fully saturated rings. The van der Waals surface area contributed by atoms with Gasteiger partial charge in [-0.05, 0) is 79.5 Å². The van der Waals surface area contributed by atoms with E-state index in [0.29, 0.717) is 30.4 Å². The van der Waals surface area contributed by atoms with E-state index in [4.69, 9.17) is 45.9 Å². The summed E-state index contributed by atoms with van der Waals surface area (Å²) in [5, 5.41) is 21.1. The molecule has 8 amide bonds. The van der Waals surface area contributed by atoms with Gasteiger partial charge in [-0.1, -0.05) is 90.8 Å². The third-order valence-electron chi connectivity index (χ3n) is 14.8. The molecule has 0 radical (unpaired) electrons. The Morgan fingerprint density at radius 1 is 0.447 bits per heavy atom. The van der Waals surface area contributed by atoms with Crippen LogP contribution in [-0.2, 0) is 51.2 Å². The first-order valence-electron chi connectivity index (χ1n) is 28.8. The molecule has 28 heteroatoms. The number of fused-ring (bicyclic) bond motifs is 2. The molecule has 0 saturated heterocycles. The van der Waals surface area contributed by atoms with Crippen LogP contribution < -0.4 is 83.1 Å². The minimum absolute atomic E-state index is 0.0187. The zero-order valence-corrected chi connectivity index (χ0v) is 49.5. The molecule has 4 aromatic rings. The fourth-order valence-corrected chi connectivity index (χ4v) is 9.43. The number of guanidine groups is 3. The maximum Gasteiger partial charge on any atom is 0.243 e. The number of benzene rings is 2. The number of hydrogen-bond donors (Lipinski definition) is 17. The van der Waals surface area contributed by atoms with E-state index in [1.165, 1.54) is 0 Å². The molecule has 2 aromatic carbocycles. The number of H-pyrrole nitrogens is 2. The van der Waals surface area contributed by atoms with Crippen molar-refractivity contribution in [2.45, 2.75) is 154 Å². The summed E-state index contributed by atoms with van der Waals surface area (Å²) in [5.41, 5.74) is 47.6. The molecule has 85 heavy (non-hydrogen) atoms. The fourth-order valence-electron chi connectivity index (χ4n) is 9.43. The number of nitrogens with one attached hydrogen (secondary N) is 9. The van der Waals surface area contributed by atoms with Crippen molar-refractivity contribution >= 4 is 86.9 Å². The molecule has 0 aliphatic heterocycles. The van der Waals surface area contributed by atoms with E-state index in [-0.39, 0.29) is 82.5 Å². The highest BCUT2D eigenvalue weighted by molar-refractivity contribution is 5.99. The number of rotatable bonds is 36. The van der Waals surface area contributed by atoms with Crippen molar-refractivity contribution < 1.29 is 38.4 Å². The minimum Gasteiger partial charge on any atom is -0.370 e. The summed E-state index contributed by atoms with van der Waals surface area (Å²) in [7, 11) is 0. The Kier molecular flexibility index (Phi) is 27.4. The zero-order chi connectivity index (χ0) is 62.9. The number of carbonyl (C=O) groups excluding carboxylic acids is 8. The van der Waals surface area contributed by atoms with Crippen molar-refractivity contribution in [3.05, 3.63) is 72.1 Å². The lowest BCUT2D eigenvalue weighted by Crippen LogP contribution is -2.62.